The van der Waals surface area contributed by atoms with Gasteiger partial charge in [-0.05, 0) is 49.9 Å². The molecule has 1 heterocycles. The van der Waals surface area contributed by atoms with E-state index in [1.165, 1.54) is 35.1 Å². The predicted octanol–water partition coefficient (Wildman–Crippen LogP) is 3.46. The molecule has 0 aliphatic carbocycles. The summed E-state index contributed by atoms with van der Waals surface area (Å²) in [4.78, 5) is 0. The quantitative estimate of drug-likeness (QED) is 0.796. The molecule has 0 unspecified atom stereocenters. The molecule has 0 bridgehead atoms. The molecule has 1 nitrogen and oxygen atoms in total. The van der Waals surface area contributed by atoms with Crippen molar-refractivity contribution in [3.05, 3.63) is 40.5 Å². The normalized spacial score (nSPS) is 16.7. The van der Waals surface area contributed by atoms with Crippen LogP contribution in [-0.4, -0.2) is 13.1 Å². The molecule has 86 valence electrons. The summed E-state index contributed by atoms with van der Waals surface area (Å²) in [6, 6.07) is 6.76. The van der Waals surface area contributed by atoms with E-state index in [9.17, 15) is 0 Å². The van der Waals surface area contributed by atoms with Crippen molar-refractivity contribution < 1.29 is 0 Å². The average Bonchev–Trinajstić information content (AvgIpc) is 2.32. The monoisotopic (exact) mass is 215 g/mol. The summed E-state index contributed by atoms with van der Waals surface area (Å²) in [5.41, 5.74) is 7.37. The number of benzene rings is 1. The van der Waals surface area contributed by atoms with Crippen LogP contribution in [0.3, 0.4) is 0 Å². The molecule has 1 aromatic carbocycles. The van der Waals surface area contributed by atoms with Crippen LogP contribution in [0.15, 0.2) is 23.8 Å². The summed E-state index contributed by atoms with van der Waals surface area (Å²) >= 11 is 0. The minimum atomic E-state index is 1.04. The molecule has 0 radical (unpaired) electrons. The predicted molar refractivity (Wildman–Crippen MR) is 70.6 cm³/mol. The zero-order valence-electron chi connectivity index (χ0n) is 10.6. The van der Waals surface area contributed by atoms with Crippen molar-refractivity contribution in [2.24, 2.45) is 0 Å². The molecule has 2 rings (SSSR count). The molecule has 0 saturated carbocycles. The van der Waals surface area contributed by atoms with E-state index >= 15 is 0 Å². The topological polar surface area (TPSA) is 12.0 Å². The Morgan fingerprint density at radius 1 is 1.25 bits per heavy atom. The Labute approximate surface area is 98.6 Å². The summed E-state index contributed by atoms with van der Waals surface area (Å²) in [5, 5.41) is 3.49. The molecule has 0 atom stereocenters. The number of hydrogen-bond donors (Lipinski definition) is 1. The Bertz CT molecular complexity index is 415. The second kappa shape index (κ2) is 4.84. The van der Waals surface area contributed by atoms with E-state index in [1.54, 1.807) is 5.57 Å². The zero-order chi connectivity index (χ0) is 11.5. The van der Waals surface area contributed by atoms with Gasteiger partial charge < -0.3 is 5.32 Å². The standard InChI is InChI=1S/C15H21N/c1-4-13-7-8-16-10-15(13)14-9-11(2)5-6-12(14)3/h5-6,9,16H,4,7-8,10H2,1-3H3. The highest BCUT2D eigenvalue weighted by Gasteiger charge is 2.14. The van der Waals surface area contributed by atoms with Crippen molar-refractivity contribution in [2.75, 3.05) is 13.1 Å². The molecule has 1 heteroatoms. The highest BCUT2D eigenvalue weighted by Crippen LogP contribution is 2.28. The van der Waals surface area contributed by atoms with Crippen LogP contribution in [0.25, 0.3) is 5.57 Å². The van der Waals surface area contributed by atoms with E-state index in [2.05, 4.69) is 44.3 Å². The Balaban J connectivity index is 2.49. The second-order valence-electron chi connectivity index (χ2n) is 4.68. The lowest BCUT2D eigenvalue weighted by Gasteiger charge is -2.22. The Hall–Kier alpha value is -1.08. The van der Waals surface area contributed by atoms with E-state index in [0.29, 0.717) is 0 Å². The first-order chi connectivity index (χ1) is 7.72. The molecule has 16 heavy (non-hydrogen) atoms. The van der Waals surface area contributed by atoms with Gasteiger partial charge in [0.25, 0.3) is 0 Å². The van der Waals surface area contributed by atoms with Crippen LogP contribution in [0.5, 0.6) is 0 Å². The van der Waals surface area contributed by atoms with Crippen LogP contribution in [0.2, 0.25) is 0 Å². The van der Waals surface area contributed by atoms with Gasteiger partial charge >= 0.3 is 0 Å². The highest BCUT2D eigenvalue weighted by molar-refractivity contribution is 5.73. The van der Waals surface area contributed by atoms with E-state index in [4.69, 9.17) is 0 Å². The molecule has 0 aromatic heterocycles. The van der Waals surface area contributed by atoms with Crippen molar-refractivity contribution in [3.63, 3.8) is 0 Å². The van der Waals surface area contributed by atoms with Gasteiger partial charge in [0.15, 0.2) is 0 Å². The maximum atomic E-state index is 3.49. The molecule has 0 spiro atoms. The summed E-state index contributed by atoms with van der Waals surface area (Å²) in [7, 11) is 0. The summed E-state index contributed by atoms with van der Waals surface area (Å²) in [5.74, 6) is 0. The molecular formula is C15H21N. The van der Waals surface area contributed by atoms with Gasteiger partial charge in [0.05, 0.1) is 0 Å². The number of hydrogen-bond acceptors (Lipinski definition) is 1. The van der Waals surface area contributed by atoms with Crippen molar-refractivity contribution in [1.82, 2.24) is 5.32 Å². The number of rotatable bonds is 2. The van der Waals surface area contributed by atoms with E-state index in [1.807, 2.05) is 0 Å². The zero-order valence-corrected chi connectivity index (χ0v) is 10.6. The maximum Gasteiger partial charge on any atom is 0.0211 e. The van der Waals surface area contributed by atoms with Crippen molar-refractivity contribution >= 4 is 5.57 Å². The molecule has 1 N–H and O–H groups in total. The fourth-order valence-corrected chi connectivity index (χ4v) is 2.47. The minimum Gasteiger partial charge on any atom is -0.312 e. The third-order valence-corrected chi connectivity index (χ3v) is 3.48. The fourth-order valence-electron chi connectivity index (χ4n) is 2.47. The molecule has 0 amide bonds. The molecule has 1 aromatic rings. The molecular weight excluding hydrogens is 194 g/mol. The highest BCUT2D eigenvalue weighted by atomic mass is 14.9. The number of nitrogens with one attached hydrogen (secondary N) is 1. The van der Waals surface area contributed by atoms with Crippen molar-refractivity contribution in [3.8, 4) is 0 Å². The van der Waals surface area contributed by atoms with E-state index in [0.717, 1.165) is 13.1 Å². The van der Waals surface area contributed by atoms with Gasteiger partial charge in [-0.1, -0.05) is 36.3 Å². The Morgan fingerprint density at radius 2 is 2.06 bits per heavy atom. The first kappa shape index (κ1) is 11.4. The number of aryl methyl sites for hydroxylation is 2. The maximum absolute atomic E-state index is 3.49. The average molecular weight is 215 g/mol. The van der Waals surface area contributed by atoms with Gasteiger partial charge in [-0.2, -0.15) is 0 Å². The first-order valence-corrected chi connectivity index (χ1v) is 6.21. The van der Waals surface area contributed by atoms with E-state index in [-0.39, 0.29) is 0 Å². The molecule has 1 aliphatic rings. The smallest absolute Gasteiger partial charge is 0.0211 e. The second-order valence-corrected chi connectivity index (χ2v) is 4.68. The van der Waals surface area contributed by atoms with Crippen molar-refractivity contribution in [1.29, 1.82) is 0 Å². The third-order valence-electron chi connectivity index (χ3n) is 3.48. The van der Waals surface area contributed by atoms with Crippen LogP contribution in [0, 0.1) is 13.8 Å². The van der Waals surface area contributed by atoms with Crippen LogP contribution in [0.4, 0.5) is 0 Å². The third kappa shape index (κ3) is 2.19. The van der Waals surface area contributed by atoms with Gasteiger partial charge in [0.1, 0.15) is 0 Å². The Morgan fingerprint density at radius 3 is 2.81 bits per heavy atom. The van der Waals surface area contributed by atoms with Gasteiger partial charge in [0.2, 0.25) is 0 Å². The first-order valence-electron chi connectivity index (χ1n) is 6.21. The minimum absolute atomic E-state index is 1.04. The SMILES string of the molecule is CCC1=C(c2cc(C)ccc2C)CNCC1. The largest absolute Gasteiger partial charge is 0.312 e. The van der Waals surface area contributed by atoms with Crippen LogP contribution in [-0.2, 0) is 0 Å². The summed E-state index contributed by atoms with van der Waals surface area (Å²) < 4.78 is 0. The lowest BCUT2D eigenvalue weighted by atomic mass is 9.90. The van der Waals surface area contributed by atoms with Crippen LogP contribution in [0.1, 0.15) is 36.5 Å². The lowest BCUT2D eigenvalue weighted by Crippen LogP contribution is -2.24. The Kier molecular flexibility index (Phi) is 3.45. The summed E-state index contributed by atoms with van der Waals surface area (Å²) in [6.07, 6.45) is 2.39. The lowest BCUT2D eigenvalue weighted by molar-refractivity contribution is 0.699. The van der Waals surface area contributed by atoms with Gasteiger partial charge in [-0.15, -0.1) is 0 Å². The molecule has 0 saturated heterocycles. The summed E-state index contributed by atoms with van der Waals surface area (Å²) in [6.45, 7) is 8.83. The van der Waals surface area contributed by atoms with E-state index < -0.39 is 0 Å². The van der Waals surface area contributed by atoms with Crippen LogP contribution >= 0.6 is 0 Å². The molecule has 1 aliphatic heterocycles. The van der Waals surface area contributed by atoms with Gasteiger partial charge in [0, 0.05) is 6.54 Å². The van der Waals surface area contributed by atoms with Crippen molar-refractivity contribution in [2.45, 2.75) is 33.6 Å². The van der Waals surface area contributed by atoms with Gasteiger partial charge in [-0.25, -0.2) is 0 Å². The molecule has 0 fully saturated rings. The van der Waals surface area contributed by atoms with Crippen LogP contribution < -0.4 is 5.32 Å². The van der Waals surface area contributed by atoms with Gasteiger partial charge in [-0.3, -0.25) is 0 Å². The fraction of sp³-hybridized carbons (Fsp3) is 0.467.